The summed E-state index contributed by atoms with van der Waals surface area (Å²) in [5, 5.41) is 4.31. The van der Waals surface area contributed by atoms with E-state index in [0.717, 1.165) is 30.7 Å². The normalized spacial score (nSPS) is 11.2. The summed E-state index contributed by atoms with van der Waals surface area (Å²) in [6.45, 7) is 7.27. The van der Waals surface area contributed by atoms with E-state index < -0.39 is 0 Å². The largest absolute Gasteiger partial charge is 0.351 e. The van der Waals surface area contributed by atoms with Gasteiger partial charge in [0.2, 0.25) is 0 Å². The van der Waals surface area contributed by atoms with Crippen molar-refractivity contribution in [1.82, 2.24) is 5.32 Å². The lowest BCUT2D eigenvalue weighted by Crippen LogP contribution is -2.25. The number of fused-ring (bicyclic) bond motifs is 1. The lowest BCUT2D eigenvalue weighted by atomic mass is 10.1. The Morgan fingerprint density at radius 3 is 2.75 bits per heavy atom. The number of hydrogen-bond donors (Lipinski definition) is 1. The van der Waals surface area contributed by atoms with Crippen LogP contribution in [-0.2, 0) is 6.42 Å². The van der Waals surface area contributed by atoms with Crippen LogP contribution < -0.4 is 5.32 Å². The average Bonchev–Trinajstić information content (AvgIpc) is 2.78. The first-order valence-electron chi connectivity index (χ1n) is 7.42. The lowest BCUT2D eigenvalue weighted by Gasteiger charge is -2.07. The number of aryl methyl sites for hydroxylation is 1. The van der Waals surface area contributed by atoms with Crippen LogP contribution in [0.5, 0.6) is 0 Å². The molecule has 0 unspecified atom stereocenters. The standard InChI is InChI=1S/C17H23NOS/c1-4-7-14-13-8-5-6-9-15(13)20-16(14)17(19)18-11-10-12(2)3/h5-6,8-9,12H,4,7,10-11H2,1-3H3,(H,18,19). The fourth-order valence-electron chi connectivity index (χ4n) is 2.34. The van der Waals surface area contributed by atoms with Gasteiger partial charge in [-0.3, -0.25) is 4.79 Å². The number of carbonyl (C=O) groups is 1. The molecule has 0 spiro atoms. The van der Waals surface area contributed by atoms with Gasteiger partial charge in [-0.25, -0.2) is 0 Å². The summed E-state index contributed by atoms with van der Waals surface area (Å²) in [7, 11) is 0. The number of nitrogens with one attached hydrogen (secondary N) is 1. The summed E-state index contributed by atoms with van der Waals surface area (Å²) in [5.74, 6) is 0.711. The molecular formula is C17H23NOS. The highest BCUT2D eigenvalue weighted by atomic mass is 32.1. The van der Waals surface area contributed by atoms with Crippen LogP contribution >= 0.6 is 11.3 Å². The Hall–Kier alpha value is -1.35. The minimum absolute atomic E-state index is 0.0929. The molecule has 3 heteroatoms. The van der Waals surface area contributed by atoms with E-state index in [1.807, 2.05) is 6.07 Å². The van der Waals surface area contributed by atoms with E-state index in [9.17, 15) is 4.79 Å². The molecule has 1 aromatic carbocycles. The van der Waals surface area contributed by atoms with Crippen LogP contribution in [0, 0.1) is 5.92 Å². The van der Waals surface area contributed by atoms with E-state index in [1.54, 1.807) is 11.3 Å². The topological polar surface area (TPSA) is 29.1 Å². The number of amides is 1. The van der Waals surface area contributed by atoms with Crippen LogP contribution in [0.2, 0.25) is 0 Å². The number of hydrogen-bond acceptors (Lipinski definition) is 2. The van der Waals surface area contributed by atoms with Crippen LogP contribution in [0.1, 0.15) is 48.8 Å². The maximum atomic E-state index is 12.4. The molecule has 0 aliphatic carbocycles. The molecule has 0 radical (unpaired) electrons. The van der Waals surface area contributed by atoms with Gasteiger partial charge in [0.25, 0.3) is 5.91 Å². The molecule has 1 N–H and O–H groups in total. The second-order valence-electron chi connectivity index (χ2n) is 5.59. The van der Waals surface area contributed by atoms with Gasteiger partial charge in [0.15, 0.2) is 0 Å². The molecule has 0 bridgehead atoms. The molecule has 0 fully saturated rings. The van der Waals surface area contributed by atoms with E-state index in [-0.39, 0.29) is 5.91 Å². The third-order valence-corrected chi connectivity index (χ3v) is 4.62. The summed E-state index contributed by atoms with van der Waals surface area (Å²) in [6, 6.07) is 8.31. The molecule has 1 heterocycles. The minimum atomic E-state index is 0.0929. The SMILES string of the molecule is CCCc1c(C(=O)NCCC(C)C)sc2ccccc12. The Morgan fingerprint density at radius 1 is 1.30 bits per heavy atom. The Bertz CT molecular complexity index is 586. The van der Waals surface area contributed by atoms with Gasteiger partial charge in [-0.1, -0.05) is 45.4 Å². The lowest BCUT2D eigenvalue weighted by molar-refractivity contribution is 0.0955. The van der Waals surface area contributed by atoms with Crippen LogP contribution in [-0.4, -0.2) is 12.5 Å². The molecule has 0 aliphatic rings. The molecule has 20 heavy (non-hydrogen) atoms. The van der Waals surface area contributed by atoms with Crippen molar-refractivity contribution in [1.29, 1.82) is 0 Å². The Morgan fingerprint density at radius 2 is 2.05 bits per heavy atom. The first-order valence-corrected chi connectivity index (χ1v) is 8.23. The third-order valence-electron chi connectivity index (χ3n) is 3.41. The molecule has 108 valence electrons. The summed E-state index contributed by atoms with van der Waals surface area (Å²) in [5.41, 5.74) is 1.22. The predicted molar refractivity (Wildman–Crippen MR) is 87.6 cm³/mol. The van der Waals surface area contributed by atoms with Crippen LogP contribution in [0.4, 0.5) is 0 Å². The second-order valence-corrected chi connectivity index (χ2v) is 6.65. The Balaban J connectivity index is 2.23. The molecule has 1 amide bonds. The molecule has 2 aromatic rings. The van der Waals surface area contributed by atoms with Gasteiger partial charge in [0.05, 0.1) is 4.88 Å². The maximum absolute atomic E-state index is 12.4. The summed E-state index contributed by atoms with van der Waals surface area (Å²) in [6.07, 6.45) is 3.06. The quantitative estimate of drug-likeness (QED) is 0.825. The summed E-state index contributed by atoms with van der Waals surface area (Å²) >= 11 is 1.62. The summed E-state index contributed by atoms with van der Waals surface area (Å²) in [4.78, 5) is 13.3. The first-order chi connectivity index (χ1) is 9.63. The molecule has 1 aromatic heterocycles. The van der Waals surface area contributed by atoms with Crippen molar-refractivity contribution in [3.05, 3.63) is 34.7 Å². The Kier molecular flexibility index (Phi) is 5.18. The highest BCUT2D eigenvalue weighted by molar-refractivity contribution is 7.21. The van der Waals surface area contributed by atoms with E-state index in [2.05, 4.69) is 44.3 Å². The van der Waals surface area contributed by atoms with E-state index >= 15 is 0 Å². The van der Waals surface area contributed by atoms with Gasteiger partial charge in [-0.2, -0.15) is 0 Å². The smallest absolute Gasteiger partial charge is 0.261 e. The van der Waals surface area contributed by atoms with Gasteiger partial charge in [-0.15, -0.1) is 11.3 Å². The van der Waals surface area contributed by atoms with Gasteiger partial charge < -0.3 is 5.32 Å². The van der Waals surface area contributed by atoms with Crippen molar-refractivity contribution in [2.24, 2.45) is 5.92 Å². The van der Waals surface area contributed by atoms with Crippen molar-refractivity contribution in [3.63, 3.8) is 0 Å². The fraction of sp³-hybridized carbons (Fsp3) is 0.471. The highest BCUT2D eigenvalue weighted by Crippen LogP contribution is 2.32. The predicted octanol–water partition coefficient (Wildman–Crippen LogP) is 4.63. The van der Waals surface area contributed by atoms with Crippen LogP contribution in [0.15, 0.2) is 24.3 Å². The number of carbonyl (C=O) groups excluding carboxylic acids is 1. The van der Waals surface area contributed by atoms with Crippen molar-refractivity contribution >= 4 is 27.3 Å². The molecule has 2 rings (SSSR count). The first kappa shape index (κ1) is 15.0. The van der Waals surface area contributed by atoms with Crippen LogP contribution in [0.3, 0.4) is 0 Å². The van der Waals surface area contributed by atoms with Gasteiger partial charge in [0.1, 0.15) is 0 Å². The molecule has 0 atom stereocenters. The zero-order chi connectivity index (χ0) is 14.5. The molecule has 0 aliphatic heterocycles. The number of thiophene rings is 1. The zero-order valence-electron chi connectivity index (χ0n) is 12.5. The fourth-order valence-corrected chi connectivity index (χ4v) is 3.50. The molecular weight excluding hydrogens is 266 g/mol. The number of benzene rings is 1. The third kappa shape index (κ3) is 3.40. The summed E-state index contributed by atoms with van der Waals surface area (Å²) < 4.78 is 1.21. The van der Waals surface area contributed by atoms with Crippen molar-refractivity contribution in [3.8, 4) is 0 Å². The van der Waals surface area contributed by atoms with Crippen molar-refractivity contribution in [2.75, 3.05) is 6.54 Å². The van der Waals surface area contributed by atoms with E-state index in [1.165, 1.54) is 15.6 Å². The second kappa shape index (κ2) is 6.89. The van der Waals surface area contributed by atoms with Crippen LogP contribution in [0.25, 0.3) is 10.1 Å². The highest BCUT2D eigenvalue weighted by Gasteiger charge is 2.17. The van der Waals surface area contributed by atoms with Gasteiger partial charge in [0, 0.05) is 11.2 Å². The monoisotopic (exact) mass is 289 g/mol. The maximum Gasteiger partial charge on any atom is 0.261 e. The molecule has 0 saturated carbocycles. The number of rotatable bonds is 6. The van der Waals surface area contributed by atoms with Gasteiger partial charge in [-0.05, 0) is 35.8 Å². The minimum Gasteiger partial charge on any atom is -0.351 e. The van der Waals surface area contributed by atoms with Gasteiger partial charge >= 0.3 is 0 Å². The van der Waals surface area contributed by atoms with Crippen molar-refractivity contribution < 1.29 is 4.79 Å². The van der Waals surface area contributed by atoms with E-state index in [0.29, 0.717) is 5.92 Å². The van der Waals surface area contributed by atoms with Crippen molar-refractivity contribution in [2.45, 2.75) is 40.0 Å². The zero-order valence-corrected chi connectivity index (χ0v) is 13.3. The Labute approximate surface area is 125 Å². The average molecular weight is 289 g/mol. The van der Waals surface area contributed by atoms with E-state index in [4.69, 9.17) is 0 Å². The molecule has 0 saturated heterocycles. The molecule has 2 nitrogen and oxygen atoms in total.